The first-order valence-electron chi connectivity index (χ1n) is 9.45. The monoisotopic (exact) mass is 334 g/mol. The third-order valence-electron chi connectivity index (χ3n) is 7.14. The second-order valence-corrected chi connectivity index (χ2v) is 8.08. The van der Waals surface area contributed by atoms with Gasteiger partial charge in [-0.1, -0.05) is 18.2 Å². The highest BCUT2D eigenvalue weighted by molar-refractivity contribution is 5.92. The molecule has 0 unspecified atom stereocenters. The third kappa shape index (κ3) is 1.62. The Kier molecular flexibility index (Phi) is 2.64. The highest BCUT2D eigenvalue weighted by Gasteiger charge is 2.64. The third-order valence-corrected chi connectivity index (χ3v) is 7.14. The molecule has 2 aliphatic heterocycles. The van der Waals surface area contributed by atoms with Crippen molar-refractivity contribution in [1.29, 1.82) is 0 Å². The van der Waals surface area contributed by atoms with Gasteiger partial charge in [0.2, 0.25) is 0 Å². The summed E-state index contributed by atoms with van der Waals surface area (Å²) < 4.78 is 6.55. The van der Waals surface area contributed by atoms with E-state index in [1.807, 2.05) is 0 Å². The lowest BCUT2D eigenvalue weighted by molar-refractivity contribution is -0.194. The van der Waals surface area contributed by atoms with Gasteiger partial charge in [0.1, 0.15) is 5.60 Å². The Bertz CT molecular complexity index is 929. The number of ether oxygens (including phenoxy) is 1. The van der Waals surface area contributed by atoms with E-state index in [1.54, 1.807) is 6.08 Å². The average molecular weight is 334 g/mol. The smallest absolute Gasteiger partial charge is 0.157 e. The van der Waals surface area contributed by atoms with Crippen LogP contribution in [0.3, 0.4) is 0 Å². The van der Waals surface area contributed by atoms with Gasteiger partial charge in [-0.05, 0) is 49.5 Å². The first kappa shape index (κ1) is 14.3. The van der Waals surface area contributed by atoms with Crippen molar-refractivity contribution in [2.24, 2.45) is 0 Å². The summed E-state index contributed by atoms with van der Waals surface area (Å²) in [7, 11) is 0. The highest BCUT2D eigenvalue weighted by Crippen LogP contribution is 2.57. The van der Waals surface area contributed by atoms with Gasteiger partial charge in [0.25, 0.3) is 0 Å². The van der Waals surface area contributed by atoms with Crippen LogP contribution in [0.2, 0.25) is 0 Å². The first-order chi connectivity index (χ1) is 12.2. The fourth-order valence-corrected chi connectivity index (χ4v) is 6.11. The number of carbonyl (C=O) groups is 1. The van der Waals surface area contributed by atoms with E-state index in [9.17, 15) is 4.79 Å². The van der Waals surface area contributed by atoms with Gasteiger partial charge < -0.3 is 9.72 Å². The molecule has 1 saturated heterocycles. The van der Waals surface area contributed by atoms with Crippen molar-refractivity contribution in [3.05, 3.63) is 47.7 Å². The molecule has 128 valence electrons. The Morgan fingerprint density at radius 2 is 2.16 bits per heavy atom. The minimum absolute atomic E-state index is 0.142. The molecule has 2 aromatic rings. The first-order valence-corrected chi connectivity index (χ1v) is 9.45. The van der Waals surface area contributed by atoms with Crippen LogP contribution in [0.4, 0.5) is 0 Å². The van der Waals surface area contributed by atoms with Crippen LogP contribution >= 0.6 is 0 Å². The number of para-hydroxylation sites is 1. The Morgan fingerprint density at radius 3 is 3.12 bits per heavy atom. The number of benzene rings is 1. The second-order valence-electron chi connectivity index (χ2n) is 8.08. The number of hydrogen-bond acceptors (Lipinski definition) is 3. The summed E-state index contributed by atoms with van der Waals surface area (Å²) in [4.78, 5) is 18.6. The normalized spacial score (nSPS) is 36.8. The summed E-state index contributed by atoms with van der Waals surface area (Å²) in [6, 6.07) is 8.82. The van der Waals surface area contributed by atoms with Crippen LogP contribution < -0.4 is 0 Å². The molecule has 1 aromatic heterocycles. The molecule has 1 N–H and O–H groups in total. The number of carbonyl (C=O) groups excluding carboxylic acids is 1. The highest BCUT2D eigenvalue weighted by atomic mass is 16.5. The van der Waals surface area contributed by atoms with Gasteiger partial charge in [-0.2, -0.15) is 0 Å². The zero-order valence-corrected chi connectivity index (χ0v) is 14.3. The Labute approximate surface area is 146 Å². The van der Waals surface area contributed by atoms with Crippen LogP contribution in [-0.2, 0) is 16.0 Å². The molecule has 4 aliphatic rings. The molecule has 4 nitrogen and oxygen atoms in total. The van der Waals surface area contributed by atoms with Gasteiger partial charge in [0, 0.05) is 29.6 Å². The largest absolute Gasteiger partial charge is 0.367 e. The Morgan fingerprint density at radius 1 is 1.24 bits per heavy atom. The molecule has 2 fully saturated rings. The van der Waals surface area contributed by atoms with Crippen LogP contribution in [0.5, 0.6) is 0 Å². The zero-order chi connectivity index (χ0) is 16.6. The van der Waals surface area contributed by atoms with Crippen molar-refractivity contribution < 1.29 is 9.53 Å². The predicted octanol–water partition coefficient (Wildman–Crippen LogP) is 3.29. The fourth-order valence-electron chi connectivity index (χ4n) is 6.11. The molecule has 0 bridgehead atoms. The Balaban J connectivity index is 1.52. The van der Waals surface area contributed by atoms with E-state index in [1.165, 1.54) is 22.2 Å². The lowest BCUT2D eigenvalue weighted by Gasteiger charge is -2.59. The van der Waals surface area contributed by atoms with Crippen LogP contribution in [0, 0.1) is 0 Å². The van der Waals surface area contributed by atoms with E-state index < -0.39 is 0 Å². The Hall–Kier alpha value is -1.91. The number of fused-ring (bicyclic) bond motifs is 5. The fraction of sp³-hybridized carbons (Fsp3) is 0.476. The molecule has 0 amide bonds. The summed E-state index contributed by atoms with van der Waals surface area (Å²) in [5, 5.41) is 1.34. The number of nitrogens with zero attached hydrogens (tertiary/aromatic N) is 1. The standard InChI is InChI=1S/C21H22N2O2/c24-14-6-10-21-9-3-8-20(21,12-14)23-11-7-16-15-4-1-2-5-17(15)22-19(16)18(23)13-25-21/h1-2,4-6,10,18,22H,3,7-9,11-13H2/t18-,20+,21-/m0/s1. The molecule has 2 aliphatic carbocycles. The maximum absolute atomic E-state index is 12.3. The van der Waals surface area contributed by atoms with Gasteiger partial charge in [-0.25, -0.2) is 0 Å². The van der Waals surface area contributed by atoms with E-state index in [0.717, 1.165) is 32.2 Å². The van der Waals surface area contributed by atoms with E-state index in [0.29, 0.717) is 13.0 Å². The number of ketones is 1. The van der Waals surface area contributed by atoms with Crippen molar-refractivity contribution in [3.8, 4) is 0 Å². The van der Waals surface area contributed by atoms with Gasteiger partial charge in [0.15, 0.2) is 5.78 Å². The molecule has 1 saturated carbocycles. The molecule has 3 atom stereocenters. The number of hydrogen-bond donors (Lipinski definition) is 1. The molecule has 1 aromatic carbocycles. The van der Waals surface area contributed by atoms with Gasteiger partial charge in [-0.3, -0.25) is 9.69 Å². The number of rotatable bonds is 0. The van der Waals surface area contributed by atoms with Crippen molar-refractivity contribution in [3.63, 3.8) is 0 Å². The topological polar surface area (TPSA) is 45.3 Å². The maximum Gasteiger partial charge on any atom is 0.157 e. The molecule has 0 radical (unpaired) electrons. The molecule has 25 heavy (non-hydrogen) atoms. The molecular formula is C21H22N2O2. The maximum atomic E-state index is 12.3. The number of H-pyrrole nitrogens is 1. The summed E-state index contributed by atoms with van der Waals surface area (Å²) in [6.45, 7) is 1.73. The number of allylic oxidation sites excluding steroid dienone is 1. The molecule has 0 spiro atoms. The van der Waals surface area contributed by atoms with E-state index in [2.05, 4.69) is 40.2 Å². The number of aromatic nitrogens is 1. The van der Waals surface area contributed by atoms with Crippen molar-refractivity contribution in [2.45, 2.75) is 49.3 Å². The minimum Gasteiger partial charge on any atom is -0.367 e. The SMILES string of the molecule is O=C1C=C[C@@]23CCC[C@]2(C1)N1CCc2c([nH]c4ccccc24)[C@@H]1CO3. The van der Waals surface area contributed by atoms with Gasteiger partial charge in [-0.15, -0.1) is 0 Å². The molecule has 3 heterocycles. The lowest BCUT2D eigenvalue weighted by atomic mass is 9.70. The summed E-state index contributed by atoms with van der Waals surface area (Å²) in [5.41, 5.74) is 3.58. The number of aromatic amines is 1. The van der Waals surface area contributed by atoms with E-state index in [-0.39, 0.29) is 23.0 Å². The van der Waals surface area contributed by atoms with Gasteiger partial charge in [0.05, 0.1) is 18.2 Å². The minimum atomic E-state index is -0.249. The molecule has 4 heteroatoms. The summed E-state index contributed by atoms with van der Waals surface area (Å²) in [6.07, 6.45) is 8.75. The average Bonchev–Trinajstić information content (AvgIpc) is 3.20. The number of nitrogens with one attached hydrogen (secondary N) is 1. The van der Waals surface area contributed by atoms with Crippen LogP contribution in [-0.4, -0.2) is 40.0 Å². The van der Waals surface area contributed by atoms with Crippen molar-refractivity contribution >= 4 is 16.7 Å². The van der Waals surface area contributed by atoms with Crippen LogP contribution in [0.25, 0.3) is 10.9 Å². The van der Waals surface area contributed by atoms with Crippen LogP contribution in [0.1, 0.15) is 43.0 Å². The second kappa shape index (κ2) is 4.63. The zero-order valence-electron chi connectivity index (χ0n) is 14.3. The quantitative estimate of drug-likeness (QED) is 0.804. The van der Waals surface area contributed by atoms with Crippen molar-refractivity contribution in [1.82, 2.24) is 9.88 Å². The van der Waals surface area contributed by atoms with E-state index in [4.69, 9.17) is 4.74 Å². The lowest BCUT2D eigenvalue weighted by Crippen LogP contribution is -2.69. The van der Waals surface area contributed by atoms with Crippen LogP contribution in [0.15, 0.2) is 36.4 Å². The summed E-state index contributed by atoms with van der Waals surface area (Å²) >= 11 is 0. The molecular weight excluding hydrogens is 312 g/mol. The predicted molar refractivity (Wildman–Crippen MR) is 95.5 cm³/mol. The van der Waals surface area contributed by atoms with Gasteiger partial charge >= 0.3 is 0 Å². The molecule has 6 rings (SSSR count). The number of morpholine rings is 1. The van der Waals surface area contributed by atoms with E-state index >= 15 is 0 Å². The van der Waals surface area contributed by atoms with Crippen molar-refractivity contribution in [2.75, 3.05) is 13.2 Å². The summed E-state index contributed by atoms with van der Waals surface area (Å²) in [5.74, 6) is 0.254.